The second kappa shape index (κ2) is 3.63. The van der Waals surface area contributed by atoms with E-state index < -0.39 is 0 Å². The van der Waals surface area contributed by atoms with Gasteiger partial charge in [-0.3, -0.25) is 0 Å². The maximum Gasteiger partial charge on any atom is 0.130 e. The van der Waals surface area contributed by atoms with Gasteiger partial charge >= 0.3 is 0 Å². The van der Waals surface area contributed by atoms with Crippen molar-refractivity contribution >= 4 is 11.5 Å². The molecular formula is C12H17N3O. The molecule has 1 aromatic rings. The van der Waals surface area contributed by atoms with Gasteiger partial charge in [0.2, 0.25) is 0 Å². The number of rotatable bonds is 1. The molecule has 4 nitrogen and oxygen atoms in total. The molecular weight excluding hydrogens is 202 g/mol. The number of fused-ring (bicyclic) bond motifs is 1. The Hall–Kier alpha value is -1.29. The Morgan fingerprint density at radius 1 is 1.38 bits per heavy atom. The molecule has 2 aliphatic rings. The molecule has 3 rings (SSSR count). The Morgan fingerprint density at radius 3 is 3.00 bits per heavy atom. The van der Waals surface area contributed by atoms with Gasteiger partial charge in [0.1, 0.15) is 5.82 Å². The van der Waals surface area contributed by atoms with E-state index in [0.29, 0.717) is 11.8 Å². The van der Waals surface area contributed by atoms with Gasteiger partial charge in [0.25, 0.3) is 0 Å². The summed E-state index contributed by atoms with van der Waals surface area (Å²) >= 11 is 0. The van der Waals surface area contributed by atoms with E-state index in [1.165, 1.54) is 0 Å². The molecule has 16 heavy (non-hydrogen) atoms. The van der Waals surface area contributed by atoms with Crippen molar-refractivity contribution in [3.8, 4) is 0 Å². The fourth-order valence-electron chi connectivity index (χ4n) is 3.03. The van der Waals surface area contributed by atoms with Crippen LogP contribution in [0.5, 0.6) is 0 Å². The van der Waals surface area contributed by atoms with Gasteiger partial charge in [0.05, 0.1) is 6.10 Å². The molecule has 0 aromatic carbocycles. The van der Waals surface area contributed by atoms with Crippen LogP contribution in [0.4, 0.5) is 11.5 Å². The van der Waals surface area contributed by atoms with Crippen LogP contribution in [0.2, 0.25) is 0 Å². The minimum Gasteiger partial charge on any atom is -0.399 e. The molecule has 1 aliphatic carbocycles. The van der Waals surface area contributed by atoms with E-state index in [0.717, 1.165) is 37.4 Å². The summed E-state index contributed by atoms with van der Waals surface area (Å²) in [6, 6.07) is 3.71. The van der Waals surface area contributed by atoms with Gasteiger partial charge < -0.3 is 15.7 Å². The molecule has 3 N–H and O–H groups in total. The van der Waals surface area contributed by atoms with Gasteiger partial charge in [-0.25, -0.2) is 4.98 Å². The summed E-state index contributed by atoms with van der Waals surface area (Å²) in [5.74, 6) is 2.02. The topological polar surface area (TPSA) is 62.4 Å². The summed E-state index contributed by atoms with van der Waals surface area (Å²) in [7, 11) is 0. The third kappa shape index (κ3) is 1.53. The zero-order valence-electron chi connectivity index (χ0n) is 9.21. The number of pyridine rings is 1. The van der Waals surface area contributed by atoms with Gasteiger partial charge in [-0.1, -0.05) is 0 Å². The summed E-state index contributed by atoms with van der Waals surface area (Å²) in [5.41, 5.74) is 6.51. The Labute approximate surface area is 95.1 Å². The Morgan fingerprint density at radius 2 is 2.25 bits per heavy atom. The lowest BCUT2D eigenvalue weighted by Gasteiger charge is -2.19. The van der Waals surface area contributed by atoms with Crippen molar-refractivity contribution in [1.29, 1.82) is 0 Å². The number of aliphatic hydroxyl groups is 1. The molecule has 3 unspecified atom stereocenters. The monoisotopic (exact) mass is 219 g/mol. The average molecular weight is 219 g/mol. The molecule has 1 aromatic heterocycles. The first-order valence-corrected chi connectivity index (χ1v) is 5.88. The van der Waals surface area contributed by atoms with E-state index in [9.17, 15) is 5.11 Å². The van der Waals surface area contributed by atoms with Crippen LogP contribution in [0.15, 0.2) is 18.3 Å². The molecule has 3 atom stereocenters. The molecule has 1 saturated heterocycles. The van der Waals surface area contributed by atoms with Crippen molar-refractivity contribution in [3.63, 3.8) is 0 Å². The lowest BCUT2D eigenvalue weighted by Crippen LogP contribution is -2.25. The van der Waals surface area contributed by atoms with Gasteiger partial charge in [0, 0.05) is 37.0 Å². The highest BCUT2D eigenvalue weighted by Gasteiger charge is 2.42. The molecule has 1 aliphatic heterocycles. The smallest absolute Gasteiger partial charge is 0.130 e. The number of nitrogens with zero attached hydrogens (tertiary/aromatic N) is 2. The number of nitrogen functional groups attached to an aromatic ring is 1. The van der Waals surface area contributed by atoms with Crippen molar-refractivity contribution in [2.75, 3.05) is 23.7 Å². The molecule has 1 saturated carbocycles. The molecule has 2 fully saturated rings. The van der Waals surface area contributed by atoms with E-state index in [1.54, 1.807) is 12.3 Å². The summed E-state index contributed by atoms with van der Waals surface area (Å²) in [4.78, 5) is 6.58. The third-order valence-electron chi connectivity index (χ3n) is 3.91. The fourth-order valence-corrected chi connectivity index (χ4v) is 3.03. The number of anilines is 2. The minimum absolute atomic E-state index is 0.115. The molecule has 2 heterocycles. The lowest BCUT2D eigenvalue weighted by atomic mass is 10.00. The number of hydrogen-bond acceptors (Lipinski definition) is 4. The summed E-state index contributed by atoms with van der Waals surface area (Å²) in [6.45, 7) is 1.93. The standard InChI is InChI=1S/C12H17N3O/c13-9-3-4-14-12(5-9)15-6-8-1-2-11(16)10(8)7-15/h3-5,8,10-11,16H,1-2,6-7H2,(H2,13,14). The summed E-state index contributed by atoms with van der Waals surface area (Å²) in [5, 5.41) is 9.85. The lowest BCUT2D eigenvalue weighted by molar-refractivity contribution is 0.133. The van der Waals surface area contributed by atoms with Gasteiger partial charge in [0.15, 0.2) is 0 Å². The normalized spacial score (nSPS) is 33.1. The molecule has 86 valence electrons. The van der Waals surface area contributed by atoms with Gasteiger partial charge in [-0.15, -0.1) is 0 Å². The van der Waals surface area contributed by atoms with E-state index in [4.69, 9.17) is 5.73 Å². The number of aliphatic hydroxyl groups excluding tert-OH is 1. The van der Waals surface area contributed by atoms with Crippen molar-refractivity contribution in [2.45, 2.75) is 18.9 Å². The van der Waals surface area contributed by atoms with Crippen LogP contribution in [-0.2, 0) is 0 Å². The Bertz CT molecular complexity index is 396. The molecule has 4 heteroatoms. The highest BCUT2D eigenvalue weighted by atomic mass is 16.3. The van der Waals surface area contributed by atoms with Crippen LogP contribution in [0.1, 0.15) is 12.8 Å². The second-order valence-electron chi connectivity index (χ2n) is 4.92. The first-order chi connectivity index (χ1) is 7.74. The molecule has 0 spiro atoms. The molecule has 0 amide bonds. The first kappa shape index (κ1) is 9.90. The maximum atomic E-state index is 9.85. The number of aromatic nitrogens is 1. The van der Waals surface area contributed by atoms with Crippen LogP contribution >= 0.6 is 0 Å². The van der Waals surface area contributed by atoms with Crippen molar-refractivity contribution in [1.82, 2.24) is 4.98 Å². The predicted octanol–water partition coefficient (Wildman–Crippen LogP) is 0.871. The van der Waals surface area contributed by atoms with Crippen molar-refractivity contribution in [3.05, 3.63) is 18.3 Å². The van der Waals surface area contributed by atoms with E-state index in [1.807, 2.05) is 6.07 Å². The number of hydrogen-bond donors (Lipinski definition) is 2. The van der Waals surface area contributed by atoms with E-state index in [-0.39, 0.29) is 6.10 Å². The van der Waals surface area contributed by atoms with Crippen LogP contribution in [0, 0.1) is 11.8 Å². The summed E-state index contributed by atoms with van der Waals surface area (Å²) in [6.07, 6.45) is 3.74. The summed E-state index contributed by atoms with van der Waals surface area (Å²) < 4.78 is 0. The highest BCUT2D eigenvalue weighted by molar-refractivity contribution is 5.51. The van der Waals surface area contributed by atoms with E-state index in [2.05, 4.69) is 9.88 Å². The first-order valence-electron chi connectivity index (χ1n) is 5.88. The molecule has 0 radical (unpaired) electrons. The maximum absolute atomic E-state index is 9.85. The SMILES string of the molecule is Nc1ccnc(N2CC3CCC(O)C3C2)c1. The zero-order valence-corrected chi connectivity index (χ0v) is 9.21. The number of nitrogens with two attached hydrogens (primary N) is 1. The second-order valence-corrected chi connectivity index (χ2v) is 4.92. The van der Waals surface area contributed by atoms with Crippen molar-refractivity contribution in [2.24, 2.45) is 11.8 Å². The fraction of sp³-hybridized carbons (Fsp3) is 0.583. The van der Waals surface area contributed by atoms with E-state index >= 15 is 0 Å². The van der Waals surface area contributed by atoms with Crippen LogP contribution in [0.3, 0.4) is 0 Å². The third-order valence-corrected chi connectivity index (χ3v) is 3.91. The Kier molecular flexibility index (Phi) is 2.24. The highest BCUT2D eigenvalue weighted by Crippen LogP contribution is 2.39. The zero-order chi connectivity index (χ0) is 11.1. The Balaban J connectivity index is 1.79. The quantitative estimate of drug-likeness (QED) is 0.735. The van der Waals surface area contributed by atoms with Gasteiger partial charge in [-0.2, -0.15) is 0 Å². The average Bonchev–Trinajstić information content (AvgIpc) is 2.81. The predicted molar refractivity (Wildman–Crippen MR) is 63.1 cm³/mol. The van der Waals surface area contributed by atoms with Crippen molar-refractivity contribution < 1.29 is 5.11 Å². The van der Waals surface area contributed by atoms with Crippen LogP contribution in [-0.4, -0.2) is 29.3 Å². The van der Waals surface area contributed by atoms with Crippen LogP contribution in [0.25, 0.3) is 0 Å². The largest absolute Gasteiger partial charge is 0.399 e. The molecule has 0 bridgehead atoms. The minimum atomic E-state index is -0.115. The van der Waals surface area contributed by atoms with Crippen LogP contribution < -0.4 is 10.6 Å². The van der Waals surface area contributed by atoms with Gasteiger partial charge in [-0.05, 0) is 24.8 Å².